The molecule has 15 heavy (non-hydrogen) atoms. The summed E-state index contributed by atoms with van der Waals surface area (Å²) >= 11 is 0. The van der Waals surface area contributed by atoms with Crippen molar-refractivity contribution in [1.29, 1.82) is 0 Å². The number of hydrogen-bond acceptors (Lipinski definition) is 5. The van der Waals surface area contributed by atoms with E-state index in [0.717, 1.165) is 0 Å². The van der Waals surface area contributed by atoms with Gasteiger partial charge in [0.15, 0.2) is 11.5 Å². The molecule has 0 aliphatic heterocycles. The number of nitrogens with zero attached hydrogens (tertiary/aromatic N) is 3. The first-order valence-corrected chi connectivity index (χ1v) is 4.17. The van der Waals surface area contributed by atoms with Crippen LogP contribution in [0.15, 0.2) is 23.0 Å². The van der Waals surface area contributed by atoms with E-state index in [1.54, 1.807) is 7.05 Å². The maximum Gasteiger partial charge on any atom is 0.279 e. The molecule has 0 fully saturated rings. The second kappa shape index (κ2) is 3.45. The third kappa shape index (κ3) is 1.66. The summed E-state index contributed by atoms with van der Waals surface area (Å²) in [6.45, 7) is 0. The van der Waals surface area contributed by atoms with Crippen LogP contribution in [-0.4, -0.2) is 20.8 Å². The predicted molar refractivity (Wildman–Crippen MR) is 52.1 cm³/mol. The van der Waals surface area contributed by atoms with Crippen molar-refractivity contribution in [3.05, 3.63) is 24.2 Å². The van der Waals surface area contributed by atoms with Gasteiger partial charge < -0.3 is 15.6 Å². The summed E-state index contributed by atoms with van der Waals surface area (Å²) in [6, 6.07) is 1.46. The molecular formula is C8H9N5O2. The largest absolute Gasteiger partial charge is 0.394 e. The van der Waals surface area contributed by atoms with Crippen LogP contribution in [0.4, 0.5) is 11.5 Å². The molecule has 0 spiro atoms. The number of carbonyl (C=O) groups excluding carboxylic acids is 1. The van der Waals surface area contributed by atoms with E-state index in [4.69, 9.17) is 5.73 Å². The van der Waals surface area contributed by atoms with Crippen LogP contribution in [0.25, 0.3) is 0 Å². The smallest absolute Gasteiger partial charge is 0.279 e. The van der Waals surface area contributed by atoms with Crippen molar-refractivity contribution in [3.8, 4) is 0 Å². The zero-order chi connectivity index (χ0) is 10.8. The zero-order valence-corrected chi connectivity index (χ0v) is 7.97. The summed E-state index contributed by atoms with van der Waals surface area (Å²) in [5, 5.41) is 9.96. The molecule has 0 radical (unpaired) electrons. The van der Waals surface area contributed by atoms with E-state index in [1.165, 1.54) is 23.2 Å². The lowest BCUT2D eigenvalue weighted by molar-refractivity contribution is 0.101. The van der Waals surface area contributed by atoms with Crippen LogP contribution in [-0.2, 0) is 7.05 Å². The predicted octanol–water partition coefficient (Wildman–Crippen LogP) is 0.243. The topological polar surface area (TPSA) is 99.0 Å². The van der Waals surface area contributed by atoms with E-state index in [-0.39, 0.29) is 11.6 Å². The molecule has 0 atom stereocenters. The number of nitrogens with one attached hydrogen (secondary N) is 1. The minimum absolute atomic E-state index is 0.190. The molecule has 2 aromatic rings. The monoisotopic (exact) mass is 207 g/mol. The van der Waals surface area contributed by atoms with Gasteiger partial charge in [0.05, 0.1) is 11.9 Å². The Morgan fingerprint density at radius 1 is 1.67 bits per heavy atom. The average Bonchev–Trinajstić information content (AvgIpc) is 2.82. The summed E-state index contributed by atoms with van der Waals surface area (Å²) in [5.41, 5.74) is 6.19. The van der Waals surface area contributed by atoms with Gasteiger partial charge in [-0.3, -0.25) is 9.48 Å². The molecular weight excluding hydrogens is 198 g/mol. The first kappa shape index (κ1) is 9.25. The summed E-state index contributed by atoms with van der Waals surface area (Å²) in [5.74, 6) is 0.0436. The van der Waals surface area contributed by atoms with Crippen molar-refractivity contribution in [1.82, 2.24) is 14.9 Å². The first-order valence-electron chi connectivity index (χ1n) is 4.17. The summed E-state index contributed by atoms with van der Waals surface area (Å²) in [4.78, 5) is 11.5. The Balaban J connectivity index is 2.20. The molecule has 7 heteroatoms. The molecule has 3 N–H and O–H groups in total. The van der Waals surface area contributed by atoms with Crippen LogP contribution in [0.1, 0.15) is 10.5 Å². The SMILES string of the molecule is Cn1ncc(N)c1NC(=O)c1ccon1. The fraction of sp³-hybridized carbons (Fsp3) is 0.125. The highest BCUT2D eigenvalue weighted by atomic mass is 16.5. The third-order valence-electron chi connectivity index (χ3n) is 1.87. The molecule has 2 rings (SSSR count). The Morgan fingerprint density at radius 2 is 2.47 bits per heavy atom. The van der Waals surface area contributed by atoms with Gasteiger partial charge in [-0.05, 0) is 0 Å². The average molecular weight is 207 g/mol. The molecule has 1 amide bonds. The lowest BCUT2D eigenvalue weighted by Gasteiger charge is -2.03. The van der Waals surface area contributed by atoms with Gasteiger partial charge in [-0.1, -0.05) is 5.16 Å². The van der Waals surface area contributed by atoms with E-state index >= 15 is 0 Å². The van der Waals surface area contributed by atoms with Crippen molar-refractivity contribution in [2.24, 2.45) is 7.05 Å². The quantitative estimate of drug-likeness (QED) is 0.735. The zero-order valence-electron chi connectivity index (χ0n) is 7.97. The Bertz CT molecular complexity index is 454. The van der Waals surface area contributed by atoms with Crippen LogP contribution in [0, 0.1) is 0 Å². The molecule has 7 nitrogen and oxygen atoms in total. The van der Waals surface area contributed by atoms with E-state index in [0.29, 0.717) is 11.5 Å². The summed E-state index contributed by atoms with van der Waals surface area (Å²) in [6.07, 6.45) is 2.78. The molecule has 2 aromatic heterocycles. The maximum atomic E-state index is 11.5. The van der Waals surface area contributed by atoms with Crippen molar-refractivity contribution in [3.63, 3.8) is 0 Å². The number of nitrogens with two attached hydrogens (primary N) is 1. The minimum Gasteiger partial charge on any atom is -0.394 e. The summed E-state index contributed by atoms with van der Waals surface area (Å²) < 4.78 is 6.02. The number of carbonyl (C=O) groups is 1. The lowest BCUT2D eigenvalue weighted by Crippen LogP contribution is -2.15. The fourth-order valence-corrected chi connectivity index (χ4v) is 1.11. The van der Waals surface area contributed by atoms with E-state index in [2.05, 4.69) is 20.1 Å². The van der Waals surface area contributed by atoms with Crippen LogP contribution in [0.3, 0.4) is 0 Å². The van der Waals surface area contributed by atoms with Gasteiger partial charge in [0.25, 0.3) is 5.91 Å². The molecule has 0 saturated carbocycles. The number of anilines is 2. The highest BCUT2D eigenvalue weighted by Gasteiger charge is 2.13. The second-order valence-corrected chi connectivity index (χ2v) is 2.91. The maximum absolute atomic E-state index is 11.5. The van der Waals surface area contributed by atoms with Gasteiger partial charge in [0, 0.05) is 13.1 Å². The van der Waals surface area contributed by atoms with Gasteiger partial charge >= 0.3 is 0 Å². The first-order chi connectivity index (χ1) is 7.18. The van der Waals surface area contributed by atoms with Crippen LogP contribution < -0.4 is 11.1 Å². The number of rotatable bonds is 2. The fourth-order valence-electron chi connectivity index (χ4n) is 1.11. The van der Waals surface area contributed by atoms with E-state index in [1.807, 2.05) is 0 Å². The summed E-state index contributed by atoms with van der Waals surface area (Å²) in [7, 11) is 1.68. The Kier molecular flexibility index (Phi) is 2.13. The molecule has 0 unspecified atom stereocenters. The van der Waals surface area contributed by atoms with Crippen molar-refractivity contribution >= 4 is 17.4 Å². The highest BCUT2D eigenvalue weighted by molar-refractivity contribution is 6.03. The standard InChI is InChI=1S/C8H9N5O2/c1-13-7(5(9)4-10-13)11-8(14)6-2-3-15-12-6/h2-4H,9H2,1H3,(H,11,14). The number of aromatic nitrogens is 3. The van der Waals surface area contributed by atoms with Crippen molar-refractivity contribution in [2.45, 2.75) is 0 Å². The minimum atomic E-state index is -0.390. The van der Waals surface area contributed by atoms with Gasteiger partial charge in [-0.15, -0.1) is 0 Å². The van der Waals surface area contributed by atoms with E-state index < -0.39 is 0 Å². The molecule has 0 aliphatic carbocycles. The molecule has 0 aliphatic rings. The van der Waals surface area contributed by atoms with Crippen LogP contribution in [0.5, 0.6) is 0 Å². The van der Waals surface area contributed by atoms with Crippen molar-refractivity contribution < 1.29 is 9.32 Å². The van der Waals surface area contributed by atoms with Crippen molar-refractivity contribution in [2.75, 3.05) is 11.1 Å². The number of hydrogen-bond donors (Lipinski definition) is 2. The molecule has 0 bridgehead atoms. The molecule has 78 valence electrons. The number of aryl methyl sites for hydroxylation is 1. The van der Waals surface area contributed by atoms with Crippen LogP contribution >= 0.6 is 0 Å². The third-order valence-corrected chi connectivity index (χ3v) is 1.87. The van der Waals surface area contributed by atoms with Crippen LogP contribution in [0.2, 0.25) is 0 Å². The number of nitrogen functional groups attached to an aromatic ring is 1. The Morgan fingerprint density at radius 3 is 3.00 bits per heavy atom. The lowest BCUT2D eigenvalue weighted by atomic mass is 10.4. The molecule has 0 saturated heterocycles. The van der Waals surface area contributed by atoms with Gasteiger partial charge in [0.1, 0.15) is 6.26 Å². The second-order valence-electron chi connectivity index (χ2n) is 2.91. The number of amides is 1. The van der Waals surface area contributed by atoms with Gasteiger partial charge in [0.2, 0.25) is 0 Å². The molecule has 2 heterocycles. The Labute approximate surface area is 84.8 Å². The van der Waals surface area contributed by atoms with Gasteiger partial charge in [-0.2, -0.15) is 5.10 Å². The Hall–Kier alpha value is -2.31. The van der Waals surface area contributed by atoms with E-state index in [9.17, 15) is 4.79 Å². The van der Waals surface area contributed by atoms with Gasteiger partial charge in [-0.25, -0.2) is 0 Å². The highest BCUT2D eigenvalue weighted by Crippen LogP contribution is 2.16. The molecule has 0 aromatic carbocycles. The normalized spacial score (nSPS) is 10.2.